The summed E-state index contributed by atoms with van der Waals surface area (Å²) >= 11 is 1.00. The fraction of sp³-hybridized carbons (Fsp3) is 0.182. The van der Waals surface area contributed by atoms with Crippen LogP contribution in [-0.4, -0.2) is 28.8 Å². The molecule has 4 nitrogen and oxygen atoms in total. The normalized spacial score (nSPS) is 14.2. The van der Waals surface area contributed by atoms with Crippen LogP contribution in [0.4, 0.5) is 26.3 Å². The maximum Gasteiger partial charge on any atom is 0.417 e. The number of aromatic nitrogens is 1. The number of Topliss-reactive ketones (excluding diaryl/α,β-unsaturated/α-hetero) is 2. The Hall–Kier alpha value is -3.34. The predicted molar refractivity (Wildman–Crippen MR) is 109 cm³/mol. The topological polar surface area (TPSA) is 59.4 Å². The Morgan fingerprint density at radius 2 is 1.70 bits per heavy atom. The van der Waals surface area contributed by atoms with Gasteiger partial charge in [0.15, 0.2) is 5.78 Å². The van der Waals surface area contributed by atoms with Gasteiger partial charge < -0.3 is 0 Å². The Kier molecular flexibility index (Phi) is 5.47. The van der Waals surface area contributed by atoms with Crippen molar-refractivity contribution in [2.24, 2.45) is 4.99 Å². The Morgan fingerprint density at radius 3 is 2.30 bits per heavy atom. The monoisotopic (exact) mass is 482 g/mol. The van der Waals surface area contributed by atoms with E-state index in [1.807, 2.05) is 0 Å². The number of halogens is 6. The van der Waals surface area contributed by atoms with E-state index in [2.05, 4.69) is 9.98 Å². The van der Waals surface area contributed by atoms with Crippen molar-refractivity contribution in [2.75, 3.05) is 6.54 Å². The molecule has 0 aliphatic carbocycles. The molecule has 1 aromatic carbocycles. The van der Waals surface area contributed by atoms with Crippen LogP contribution >= 0.6 is 11.3 Å². The Bertz CT molecular complexity index is 1300. The Labute approximate surface area is 186 Å². The number of ketones is 2. The van der Waals surface area contributed by atoms with Gasteiger partial charge in [-0.15, -0.1) is 11.3 Å². The first-order valence-corrected chi connectivity index (χ1v) is 10.2. The van der Waals surface area contributed by atoms with Gasteiger partial charge in [0.25, 0.3) is 0 Å². The summed E-state index contributed by atoms with van der Waals surface area (Å²) in [6, 6.07) is 4.54. The minimum absolute atomic E-state index is 0.153. The van der Waals surface area contributed by atoms with Crippen LogP contribution in [0.25, 0.3) is 11.1 Å². The SMILES string of the molecule is Cc1ccc(-c2csc3c2C(=O)CN=C3C(=O)c2ccc(C(F)(F)F)c(C(F)(F)F)c2)cn1. The van der Waals surface area contributed by atoms with Crippen LogP contribution in [0.3, 0.4) is 0 Å². The quantitative estimate of drug-likeness (QED) is 0.339. The van der Waals surface area contributed by atoms with E-state index < -0.39 is 41.4 Å². The average Bonchev–Trinajstić information content (AvgIpc) is 3.18. The van der Waals surface area contributed by atoms with E-state index in [0.29, 0.717) is 17.2 Å². The van der Waals surface area contributed by atoms with E-state index in [1.54, 1.807) is 30.6 Å². The zero-order valence-electron chi connectivity index (χ0n) is 16.6. The third-order valence-corrected chi connectivity index (χ3v) is 5.98. The average molecular weight is 482 g/mol. The molecule has 0 atom stereocenters. The van der Waals surface area contributed by atoms with Gasteiger partial charge in [0, 0.05) is 39.5 Å². The van der Waals surface area contributed by atoms with Gasteiger partial charge in [-0.25, -0.2) is 0 Å². The number of alkyl halides is 6. The molecule has 0 saturated heterocycles. The second kappa shape index (κ2) is 7.91. The lowest BCUT2D eigenvalue weighted by molar-refractivity contribution is -0.162. The molecule has 11 heteroatoms. The van der Waals surface area contributed by atoms with Gasteiger partial charge in [-0.05, 0) is 25.1 Å². The van der Waals surface area contributed by atoms with Crippen LogP contribution < -0.4 is 0 Å². The maximum absolute atomic E-state index is 13.3. The molecule has 0 fully saturated rings. The van der Waals surface area contributed by atoms with E-state index >= 15 is 0 Å². The number of aryl methyl sites for hydroxylation is 1. The molecule has 3 aromatic rings. The highest BCUT2D eigenvalue weighted by atomic mass is 32.1. The Balaban J connectivity index is 1.79. The van der Waals surface area contributed by atoms with Crippen molar-refractivity contribution in [2.45, 2.75) is 19.3 Å². The lowest BCUT2D eigenvalue weighted by atomic mass is 9.93. The first-order valence-electron chi connectivity index (χ1n) is 9.33. The van der Waals surface area contributed by atoms with Gasteiger partial charge in [-0.1, -0.05) is 12.1 Å². The number of carbonyl (C=O) groups excluding carboxylic acids is 2. The number of nitrogens with zero attached hydrogens (tertiary/aromatic N) is 2. The molecular formula is C22H12F6N2O2S. The summed E-state index contributed by atoms with van der Waals surface area (Å²) in [6.45, 7) is 1.37. The number of carbonyl (C=O) groups is 2. The van der Waals surface area contributed by atoms with Gasteiger partial charge in [0.05, 0.1) is 16.0 Å². The number of benzene rings is 1. The van der Waals surface area contributed by atoms with Crippen LogP contribution in [0.1, 0.15) is 42.4 Å². The minimum Gasteiger partial charge on any atom is -0.292 e. The molecule has 0 spiro atoms. The molecule has 1 aliphatic heterocycles. The van der Waals surface area contributed by atoms with Crippen molar-refractivity contribution in [3.63, 3.8) is 0 Å². The second-order valence-electron chi connectivity index (χ2n) is 7.21. The van der Waals surface area contributed by atoms with E-state index in [1.165, 1.54) is 0 Å². The number of fused-ring (bicyclic) bond motifs is 1. The van der Waals surface area contributed by atoms with Crippen molar-refractivity contribution in [1.82, 2.24) is 4.98 Å². The minimum atomic E-state index is -5.33. The molecule has 2 aromatic heterocycles. The largest absolute Gasteiger partial charge is 0.417 e. The number of pyridine rings is 1. The molecular weight excluding hydrogens is 470 g/mol. The van der Waals surface area contributed by atoms with E-state index in [0.717, 1.165) is 17.0 Å². The second-order valence-corrected chi connectivity index (χ2v) is 8.09. The van der Waals surface area contributed by atoms with Crippen LogP contribution in [0.5, 0.6) is 0 Å². The number of aliphatic imine (C=N–C) groups is 1. The fourth-order valence-electron chi connectivity index (χ4n) is 3.43. The number of hydrogen-bond acceptors (Lipinski definition) is 5. The summed E-state index contributed by atoms with van der Waals surface area (Å²) < 4.78 is 79.0. The summed E-state index contributed by atoms with van der Waals surface area (Å²) in [6.07, 6.45) is -9.03. The summed E-state index contributed by atoms with van der Waals surface area (Å²) in [5.74, 6) is -1.39. The molecule has 0 amide bonds. The zero-order chi connectivity index (χ0) is 24.1. The molecule has 4 rings (SSSR count). The highest BCUT2D eigenvalue weighted by Crippen LogP contribution is 2.41. The summed E-state index contributed by atoms with van der Waals surface area (Å²) in [7, 11) is 0. The predicted octanol–water partition coefficient (Wildman–Crippen LogP) is 6.02. The molecule has 33 heavy (non-hydrogen) atoms. The zero-order valence-corrected chi connectivity index (χ0v) is 17.5. The first kappa shape index (κ1) is 22.8. The lowest BCUT2D eigenvalue weighted by Gasteiger charge is -2.17. The van der Waals surface area contributed by atoms with Crippen molar-refractivity contribution >= 4 is 28.6 Å². The molecule has 0 saturated carbocycles. The lowest BCUT2D eigenvalue weighted by Crippen LogP contribution is -2.25. The molecule has 0 radical (unpaired) electrons. The number of hydrogen-bond donors (Lipinski definition) is 0. The molecule has 0 unspecified atom stereocenters. The smallest absolute Gasteiger partial charge is 0.292 e. The van der Waals surface area contributed by atoms with E-state index in [4.69, 9.17) is 0 Å². The van der Waals surface area contributed by atoms with Crippen LogP contribution in [-0.2, 0) is 12.4 Å². The standard InChI is InChI=1S/C22H12F6N2O2S/c1-10-2-3-12(7-29-10)13-9-33-20-17(13)16(31)8-30-18(20)19(32)11-4-5-14(21(23,24)25)15(6-11)22(26,27)28/h2-7,9H,8H2,1H3. The number of rotatable bonds is 3. The molecule has 3 heterocycles. The summed E-state index contributed by atoms with van der Waals surface area (Å²) in [5, 5.41) is 1.61. The van der Waals surface area contributed by atoms with E-state index in [9.17, 15) is 35.9 Å². The van der Waals surface area contributed by atoms with Gasteiger partial charge in [-0.2, -0.15) is 26.3 Å². The van der Waals surface area contributed by atoms with E-state index in [-0.39, 0.29) is 34.1 Å². The highest BCUT2D eigenvalue weighted by molar-refractivity contribution is 7.14. The molecule has 1 aliphatic rings. The molecule has 170 valence electrons. The fourth-order valence-corrected chi connectivity index (χ4v) is 4.53. The third kappa shape index (κ3) is 4.20. The summed E-state index contributed by atoms with van der Waals surface area (Å²) in [5.41, 5.74) is -2.70. The van der Waals surface area contributed by atoms with Crippen LogP contribution in [0, 0.1) is 6.92 Å². The third-order valence-electron chi connectivity index (χ3n) is 5.00. The van der Waals surface area contributed by atoms with Gasteiger partial charge in [0.2, 0.25) is 5.78 Å². The van der Waals surface area contributed by atoms with Crippen molar-refractivity contribution in [3.05, 3.63) is 74.7 Å². The Morgan fingerprint density at radius 1 is 1.00 bits per heavy atom. The summed E-state index contributed by atoms with van der Waals surface area (Å²) in [4.78, 5) is 33.8. The first-order chi connectivity index (χ1) is 15.4. The van der Waals surface area contributed by atoms with Crippen molar-refractivity contribution in [3.8, 4) is 11.1 Å². The maximum atomic E-state index is 13.3. The molecule has 0 bridgehead atoms. The van der Waals surface area contributed by atoms with Gasteiger partial charge in [0.1, 0.15) is 12.3 Å². The van der Waals surface area contributed by atoms with Crippen LogP contribution in [0.15, 0.2) is 46.9 Å². The van der Waals surface area contributed by atoms with Crippen LogP contribution in [0.2, 0.25) is 0 Å². The van der Waals surface area contributed by atoms with Gasteiger partial charge >= 0.3 is 12.4 Å². The number of thiophene rings is 1. The highest BCUT2D eigenvalue weighted by Gasteiger charge is 2.43. The van der Waals surface area contributed by atoms with Crippen molar-refractivity contribution < 1.29 is 35.9 Å². The van der Waals surface area contributed by atoms with Gasteiger partial charge in [-0.3, -0.25) is 19.6 Å². The van der Waals surface area contributed by atoms with Crippen molar-refractivity contribution in [1.29, 1.82) is 0 Å². The molecule has 0 N–H and O–H groups in total.